The summed E-state index contributed by atoms with van der Waals surface area (Å²) in [5, 5.41) is 14.3. The summed E-state index contributed by atoms with van der Waals surface area (Å²) in [5.74, 6) is 0. The molecule has 0 fully saturated rings. The third-order valence-corrected chi connectivity index (χ3v) is 25.4. The number of benzene rings is 9. The van der Waals surface area contributed by atoms with E-state index in [0.29, 0.717) is 0 Å². The van der Waals surface area contributed by atoms with Gasteiger partial charge in [0, 0.05) is 54.9 Å². The van der Waals surface area contributed by atoms with Crippen molar-refractivity contribution in [2.75, 3.05) is 0 Å². The Hall–Kier alpha value is -7.34. The standard InChI is InChI=1S/C78H78BN3Si/c1-73(2,3)43-27-31-58-53(34-43)56-42-61-66(52-30-26-44(74(4,5)6)38-60(52)80(61)49-22-20-19-21-23-49)68-71(56)81(58)59-32-33-62-72-67(59)79(68)57-37-47(77(13,14)15)35-54-55-36-48(78(16,17)18)41-65(70(55)82(72)69(54)57)83(62)63-39-45(75(7,8)9)24-28-50(63)51-29-25-46(40-64(51)83)76(10,11)12/h19-42H,1-18H3. The van der Waals surface area contributed by atoms with E-state index in [4.69, 9.17) is 0 Å². The fraction of sp³-hybridized carbons (Fsp3) is 0.308. The number of para-hydroxylation sites is 1. The van der Waals surface area contributed by atoms with Gasteiger partial charge in [-0.2, -0.15) is 0 Å². The lowest BCUT2D eigenvalue weighted by atomic mass is 9.33. The van der Waals surface area contributed by atoms with Crippen LogP contribution in [0.1, 0.15) is 158 Å². The first-order valence-electron chi connectivity index (χ1n) is 30.8. The molecule has 412 valence electrons. The molecule has 0 atom stereocenters. The van der Waals surface area contributed by atoms with Crippen LogP contribution in [0.5, 0.6) is 0 Å². The highest BCUT2D eigenvalue weighted by molar-refractivity contribution is 7.24. The highest BCUT2D eigenvalue weighted by Gasteiger charge is 2.57. The van der Waals surface area contributed by atoms with Crippen LogP contribution in [0.25, 0.3) is 93.6 Å². The quantitative estimate of drug-likeness (QED) is 0.146. The highest BCUT2D eigenvalue weighted by Crippen LogP contribution is 2.48. The lowest BCUT2D eigenvalue weighted by Gasteiger charge is -2.43. The van der Waals surface area contributed by atoms with Crippen molar-refractivity contribution in [2.45, 2.75) is 157 Å². The first kappa shape index (κ1) is 51.3. The molecule has 3 aromatic heterocycles. The second kappa shape index (κ2) is 15.7. The molecule has 0 amide bonds. The smallest absolute Gasteiger partial charge is 0.253 e. The van der Waals surface area contributed by atoms with E-state index in [1.54, 1.807) is 15.6 Å². The zero-order valence-electron chi connectivity index (χ0n) is 52.3. The number of rotatable bonds is 1. The molecule has 16 rings (SSSR count). The highest BCUT2D eigenvalue weighted by atomic mass is 28.3. The summed E-state index contributed by atoms with van der Waals surface area (Å²) in [5.41, 5.74) is 26.9. The normalized spacial score (nSPS) is 15.2. The Kier molecular flexibility index (Phi) is 9.70. The number of aromatic nitrogens is 3. The number of hydrogen-bond acceptors (Lipinski definition) is 0. The Morgan fingerprint density at radius 1 is 0.325 bits per heavy atom. The molecular weight excluding hydrogens is 1020 g/mol. The maximum atomic E-state index is 2.87. The molecule has 4 aliphatic rings. The Balaban J connectivity index is 1.19. The van der Waals surface area contributed by atoms with Gasteiger partial charge in [-0.05, 0) is 169 Å². The van der Waals surface area contributed by atoms with Crippen LogP contribution in [0, 0.1) is 0 Å². The molecule has 0 saturated heterocycles. The minimum Gasteiger partial charge on any atom is -0.310 e. The van der Waals surface area contributed by atoms with E-state index in [2.05, 4.69) is 284 Å². The first-order valence-corrected chi connectivity index (χ1v) is 32.8. The first-order chi connectivity index (χ1) is 39.0. The molecule has 0 aliphatic carbocycles. The van der Waals surface area contributed by atoms with E-state index in [9.17, 15) is 0 Å². The molecule has 1 spiro atoms. The Bertz CT molecular complexity index is 4890. The number of hydrogen-bond donors (Lipinski definition) is 0. The van der Waals surface area contributed by atoms with E-state index < -0.39 is 8.07 Å². The zero-order valence-corrected chi connectivity index (χ0v) is 53.3. The van der Waals surface area contributed by atoms with Crippen molar-refractivity contribution in [3.63, 3.8) is 0 Å². The van der Waals surface area contributed by atoms with Crippen LogP contribution in [-0.2, 0) is 32.5 Å². The van der Waals surface area contributed by atoms with Crippen molar-refractivity contribution in [2.24, 2.45) is 0 Å². The summed E-state index contributed by atoms with van der Waals surface area (Å²) in [6.07, 6.45) is 0. The molecule has 4 aliphatic heterocycles. The minimum absolute atomic E-state index is 0.0406. The molecule has 9 aromatic carbocycles. The van der Waals surface area contributed by atoms with Crippen molar-refractivity contribution < 1.29 is 0 Å². The van der Waals surface area contributed by atoms with Gasteiger partial charge >= 0.3 is 0 Å². The molecule has 12 aromatic rings. The van der Waals surface area contributed by atoms with Crippen LogP contribution < -0.4 is 37.1 Å². The largest absolute Gasteiger partial charge is 0.310 e. The van der Waals surface area contributed by atoms with Crippen molar-refractivity contribution in [3.05, 3.63) is 179 Å². The van der Waals surface area contributed by atoms with Gasteiger partial charge in [0.15, 0.2) is 8.07 Å². The van der Waals surface area contributed by atoms with E-state index in [1.807, 2.05) is 0 Å². The van der Waals surface area contributed by atoms with Gasteiger partial charge in [0.05, 0.1) is 27.6 Å². The second-order valence-corrected chi connectivity index (χ2v) is 35.5. The predicted octanol–water partition coefficient (Wildman–Crippen LogP) is 15.6. The Morgan fingerprint density at radius 3 is 1.43 bits per heavy atom. The fourth-order valence-corrected chi connectivity index (χ4v) is 21.6. The van der Waals surface area contributed by atoms with Crippen molar-refractivity contribution in [1.82, 2.24) is 13.7 Å². The predicted molar refractivity (Wildman–Crippen MR) is 362 cm³/mol. The minimum atomic E-state index is -3.24. The molecule has 0 N–H and O–H groups in total. The van der Waals surface area contributed by atoms with E-state index in [1.165, 1.54) is 149 Å². The summed E-state index contributed by atoms with van der Waals surface area (Å²) >= 11 is 0. The molecular formula is C78H78BN3Si. The van der Waals surface area contributed by atoms with Crippen molar-refractivity contribution in [3.8, 4) is 28.2 Å². The van der Waals surface area contributed by atoms with E-state index in [0.717, 1.165) is 0 Å². The summed E-state index contributed by atoms with van der Waals surface area (Å²) in [4.78, 5) is 0. The molecule has 5 heteroatoms. The third kappa shape index (κ3) is 6.53. The van der Waals surface area contributed by atoms with Crippen LogP contribution in [0.4, 0.5) is 0 Å². The van der Waals surface area contributed by atoms with Crippen molar-refractivity contribution in [1.29, 1.82) is 0 Å². The lowest BCUT2D eigenvalue weighted by Crippen LogP contribution is -2.77. The van der Waals surface area contributed by atoms with Crippen LogP contribution >= 0.6 is 0 Å². The number of fused-ring (bicyclic) bond motifs is 18. The molecule has 3 nitrogen and oxygen atoms in total. The van der Waals surface area contributed by atoms with Crippen LogP contribution in [-0.4, -0.2) is 28.5 Å². The summed E-state index contributed by atoms with van der Waals surface area (Å²) in [6.45, 7) is 43.2. The Morgan fingerprint density at radius 2 is 0.831 bits per heavy atom. The van der Waals surface area contributed by atoms with Crippen molar-refractivity contribution >= 4 is 117 Å². The zero-order chi connectivity index (χ0) is 58.1. The van der Waals surface area contributed by atoms with Gasteiger partial charge in [-0.3, -0.25) is 0 Å². The monoisotopic (exact) mass is 1100 g/mol. The summed E-state index contributed by atoms with van der Waals surface area (Å²) in [6, 6.07) is 60.1. The van der Waals surface area contributed by atoms with Gasteiger partial charge in [0.2, 0.25) is 0 Å². The van der Waals surface area contributed by atoms with E-state index >= 15 is 0 Å². The van der Waals surface area contributed by atoms with Gasteiger partial charge in [0.1, 0.15) is 0 Å². The van der Waals surface area contributed by atoms with Crippen LogP contribution in [0.3, 0.4) is 0 Å². The third-order valence-electron chi connectivity index (χ3n) is 20.5. The van der Waals surface area contributed by atoms with Gasteiger partial charge in [-0.15, -0.1) is 0 Å². The lowest BCUT2D eigenvalue weighted by molar-refractivity contribution is 0.590. The van der Waals surface area contributed by atoms with Crippen LogP contribution in [0.2, 0.25) is 0 Å². The second-order valence-electron chi connectivity index (χ2n) is 31.9. The van der Waals surface area contributed by atoms with Gasteiger partial charge in [0.25, 0.3) is 6.71 Å². The van der Waals surface area contributed by atoms with Crippen LogP contribution in [0.15, 0.2) is 146 Å². The molecule has 83 heavy (non-hydrogen) atoms. The average Bonchev–Trinajstić information content (AvgIpc) is 1.55. The topological polar surface area (TPSA) is 14.8 Å². The summed E-state index contributed by atoms with van der Waals surface area (Å²) in [7, 11) is -3.24. The van der Waals surface area contributed by atoms with Gasteiger partial charge < -0.3 is 13.7 Å². The maximum Gasteiger partial charge on any atom is 0.253 e. The molecule has 7 heterocycles. The van der Waals surface area contributed by atoms with Gasteiger partial charge in [-0.25, -0.2) is 0 Å². The molecule has 0 bridgehead atoms. The molecule has 0 saturated carbocycles. The molecule has 0 unspecified atom stereocenters. The fourth-order valence-electron chi connectivity index (χ4n) is 16.0. The average molecular weight is 1100 g/mol. The Labute approximate surface area is 492 Å². The maximum absolute atomic E-state index is 3.24. The van der Waals surface area contributed by atoms with Gasteiger partial charge in [-0.1, -0.05) is 216 Å². The molecule has 0 radical (unpaired) electrons. The summed E-state index contributed by atoms with van der Waals surface area (Å²) < 4.78 is 8.24. The van der Waals surface area contributed by atoms with E-state index in [-0.39, 0.29) is 39.2 Å². The number of nitrogens with zero attached hydrogens (tertiary/aromatic N) is 3. The SMILES string of the molecule is CC(C)(C)c1ccc2c(c1)[Si]1(c3cc(C(C)(C)C)ccc3-2)c2ccc3c4c2-n2c5c(cc(C(C)(C)C)cc5c5cc(C(C)(C)C)cc1c52)B4c1c2c4ccc(C(C)(C)C)cc4n(-c4ccccc4)c2cc2c4cc(C(C)(C)C)ccc4n-3c12.